The Kier molecular flexibility index (Phi) is 4.31. The molecule has 9 heteroatoms. The molecule has 0 saturated carbocycles. The molecule has 4 rings (SSSR count). The van der Waals surface area contributed by atoms with Gasteiger partial charge in [0.2, 0.25) is 5.95 Å². The average Bonchev–Trinajstić information content (AvgIpc) is 3.03. The first-order valence-electron chi connectivity index (χ1n) is 8.71. The highest BCUT2D eigenvalue weighted by atomic mass is 19.1. The number of aromatic nitrogens is 4. The number of nitrogens with zero attached hydrogens (tertiary/aromatic N) is 5. The first kappa shape index (κ1) is 17.5. The second-order valence-electron chi connectivity index (χ2n) is 6.57. The highest BCUT2D eigenvalue weighted by Gasteiger charge is 2.23. The van der Waals surface area contributed by atoms with Crippen LogP contribution in [0.25, 0.3) is 11.2 Å². The van der Waals surface area contributed by atoms with Gasteiger partial charge in [0.1, 0.15) is 5.82 Å². The maximum Gasteiger partial charge on any atom is 0.332 e. The Balaban J connectivity index is 1.89. The zero-order valence-corrected chi connectivity index (χ0v) is 15.2. The number of ether oxygens (including phenoxy) is 1. The smallest absolute Gasteiger partial charge is 0.332 e. The fourth-order valence-electron chi connectivity index (χ4n) is 3.41. The van der Waals surface area contributed by atoms with Gasteiger partial charge in [0.05, 0.1) is 19.8 Å². The van der Waals surface area contributed by atoms with Gasteiger partial charge in [-0.25, -0.2) is 9.18 Å². The number of benzene rings is 1. The maximum absolute atomic E-state index is 14.0. The van der Waals surface area contributed by atoms with Crippen molar-refractivity contribution in [1.82, 2.24) is 18.7 Å². The van der Waals surface area contributed by atoms with E-state index >= 15 is 0 Å². The van der Waals surface area contributed by atoms with Crippen LogP contribution in [0.5, 0.6) is 0 Å². The zero-order chi connectivity index (χ0) is 19.1. The Morgan fingerprint density at radius 1 is 1.11 bits per heavy atom. The molecule has 1 aliphatic rings. The van der Waals surface area contributed by atoms with E-state index < -0.39 is 17.1 Å². The van der Waals surface area contributed by atoms with Gasteiger partial charge in [-0.2, -0.15) is 4.98 Å². The van der Waals surface area contributed by atoms with Gasteiger partial charge < -0.3 is 14.2 Å². The molecule has 0 amide bonds. The van der Waals surface area contributed by atoms with Crippen molar-refractivity contribution in [2.75, 3.05) is 31.2 Å². The van der Waals surface area contributed by atoms with Crippen LogP contribution in [0.1, 0.15) is 5.56 Å². The van der Waals surface area contributed by atoms with Gasteiger partial charge >= 0.3 is 5.69 Å². The Bertz CT molecular complexity index is 1120. The van der Waals surface area contributed by atoms with Crippen molar-refractivity contribution >= 4 is 17.1 Å². The lowest BCUT2D eigenvalue weighted by molar-refractivity contribution is 0.122. The Hall–Kier alpha value is -2.94. The van der Waals surface area contributed by atoms with Gasteiger partial charge in [-0.3, -0.25) is 13.9 Å². The largest absolute Gasteiger partial charge is 0.378 e. The summed E-state index contributed by atoms with van der Waals surface area (Å²) in [6.07, 6.45) is 0. The SMILES string of the molecule is Cn1c(N2CCOCC2)nc2c1c(=O)n(Cc1ccccc1F)c(=O)n2C. The average molecular weight is 373 g/mol. The summed E-state index contributed by atoms with van der Waals surface area (Å²) in [6.45, 7) is 2.36. The normalized spacial score (nSPS) is 14.9. The minimum Gasteiger partial charge on any atom is -0.378 e. The maximum atomic E-state index is 14.0. The van der Waals surface area contributed by atoms with Crippen LogP contribution >= 0.6 is 0 Å². The summed E-state index contributed by atoms with van der Waals surface area (Å²) in [6, 6.07) is 6.11. The molecule has 27 heavy (non-hydrogen) atoms. The highest BCUT2D eigenvalue weighted by molar-refractivity contribution is 5.74. The fourth-order valence-corrected chi connectivity index (χ4v) is 3.41. The standard InChI is InChI=1S/C18H20FN5O3/c1-21-14-15(20-17(21)23-7-9-27-10-8-23)22(2)18(26)24(16(14)25)11-12-5-3-4-6-13(12)19/h3-6H,7-11H2,1-2H3. The summed E-state index contributed by atoms with van der Waals surface area (Å²) in [5.74, 6) is 0.162. The van der Waals surface area contributed by atoms with E-state index in [0.717, 1.165) is 4.57 Å². The van der Waals surface area contributed by atoms with E-state index in [4.69, 9.17) is 4.74 Å². The summed E-state index contributed by atoms with van der Waals surface area (Å²) >= 11 is 0. The number of aryl methyl sites for hydroxylation is 2. The van der Waals surface area contributed by atoms with Crippen LogP contribution in [0.15, 0.2) is 33.9 Å². The third-order valence-electron chi connectivity index (χ3n) is 4.92. The predicted molar refractivity (Wildman–Crippen MR) is 98.7 cm³/mol. The van der Waals surface area contributed by atoms with Crippen LogP contribution in [0.4, 0.5) is 10.3 Å². The molecule has 0 bridgehead atoms. The van der Waals surface area contributed by atoms with Gasteiger partial charge in [-0.05, 0) is 6.07 Å². The fraction of sp³-hybridized carbons (Fsp3) is 0.389. The van der Waals surface area contributed by atoms with Gasteiger partial charge in [-0.15, -0.1) is 0 Å². The highest BCUT2D eigenvalue weighted by Crippen LogP contribution is 2.19. The number of imidazole rings is 1. The third kappa shape index (κ3) is 2.84. The zero-order valence-electron chi connectivity index (χ0n) is 15.2. The summed E-state index contributed by atoms with van der Waals surface area (Å²) in [4.78, 5) is 32.3. The lowest BCUT2D eigenvalue weighted by Gasteiger charge is -2.27. The molecule has 142 valence electrons. The lowest BCUT2D eigenvalue weighted by Crippen LogP contribution is -2.40. The first-order valence-corrected chi connectivity index (χ1v) is 8.71. The number of hydrogen-bond donors (Lipinski definition) is 0. The van der Waals surface area contributed by atoms with Crippen molar-refractivity contribution in [3.63, 3.8) is 0 Å². The Morgan fingerprint density at radius 2 is 1.81 bits per heavy atom. The molecule has 0 N–H and O–H groups in total. The molecule has 8 nitrogen and oxygen atoms in total. The number of rotatable bonds is 3. The quantitative estimate of drug-likeness (QED) is 0.667. The van der Waals surface area contributed by atoms with Crippen molar-refractivity contribution in [3.05, 3.63) is 56.5 Å². The van der Waals surface area contributed by atoms with E-state index in [9.17, 15) is 14.0 Å². The number of hydrogen-bond acceptors (Lipinski definition) is 5. The van der Waals surface area contributed by atoms with Crippen molar-refractivity contribution < 1.29 is 9.13 Å². The van der Waals surface area contributed by atoms with Crippen molar-refractivity contribution in [3.8, 4) is 0 Å². The second kappa shape index (κ2) is 6.66. The van der Waals surface area contributed by atoms with Crippen LogP contribution in [-0.4, -0.2) is 45.0 Å². The van der Waals surface area contributed by atoms with Crippen LogP contribution in [0, 0.1) is 5.82 Å². The summed E-state index contributed by atoms with van der Waals surface area (Å²) in [5, 5.41) is 0. The Labute approximate surface area is 154 Å². The summed E-state index contributed by atoms with van der Waals surface area (Å²) in [7, 11) is 3.32. The van der Waals surface area contributed by atoms with Gasteiger partial charge in [0.15, 0.2) is 11.2 Å². The van der Waals surface area contributed by atoms with Crippen molar-refractivity contribution in [1.29, 1.82) is 0 Å². The molecule has 3 heterocycles. The summed E-state index contributed by atoms with van der Waals surface area (Å²) in [5.41, 5.74) is -0.0893. The van der Waals surface area contributed by atoms with Gasteiger partial charge in [0.25, 0.3) is 5.56 Å². The monoisotopic (exact) mass is 373 g/mol. The molecule has 0 unspecified atom stereocenters. The second-order valence-corrected chi connectivity index (χ2v) is 6.57. The van der Waals surface area contributed by atoms with Crippen LogP contribution in [-0.2, 0) is 25.4 Å². The molecular weight excluding hydrogens is 353 g/mol. The molecular formula is C18H20FN5O3. The molecule has 0 aliphatic carbocycles. The van der Waals surface area contributed by atoms with Gasteiger partial charge in [-0.1, -0.05) is 18.2 Å². The molecule has 0 radical (unpaired) electrons. The number of anilines is 1. The Morgan fingerprint density at radius 3 is 2.52 bits per heavy atom. The first-order chi connectivity index (χ1) is 13.0. The minimum atomic E-state index is -0.526. The molecule has 0 spiro atoms. The van der Waals surface area contributed by atoms with E-state index in [0.29, 0.717) is 43.4 Å². The number of morpholine rings is 1. The van der Waals surface area contributed by atoms with Crippen molar-refractivity contribution in [2.24, 2.45) is 14.1 Å². The molecule has 0 atom stereocenters. The molecule has 1 fully saturated rings. The minimum absolute atomic E-state index is 0.133. The van der Waals surface area contributed by atoms with E-state index in [1.54, 1.807) is 36.9 Å². The number of fused-ring (bicyclic) bond motifs is 1. The van der Waals surface area contributed by atoms with Crippen LogP contribution in [0.2, 0.25) is 0 Å². The van der Waals surface area contributed by atoms with Crippen molar-refractivity contribution in [2.45, 2.75) is 6.54 Å². The molecule has 3 aromatic rings. The van der Waals surface area contributed by atoms with E-state index in [1.807, 2.05) is 4.90 Å². The topological polar surface area (TPSA) is 74.3 Å². The van der Waals surface area contributed by atoms with Crippen LogP contribution < -0.4 is 16.1 Å². The molecule has 1 saturated heterocycles. The summed E-state index contributed by atoms with van der Waals surface area (Å²) < 4.78 is 23.5. The molecule has 1 aliphatic heterocycles. The van der Waals surface area contributed by atoms with E-state index in [2.05, 4.69) is 4.98 Å². The number of halogens is 1. The van der Waals surface area contributed by atoms with Crippen LogP contribution in [0.3, 0.4) is 0 Å². The van der Waals surface area contributed by atoms with E-state index in [-0.39, 0.29) is 12.1 Å². The van der Waals surface area contributed by atoms with Gasteiger partial charge in [0, 0.05) is 32.7 Å². The van der Waals surface area contributed by atoms with E-state index in [1.165, 1.54) is 10.6 Å². The molecule has 2 aromatic heterocycles. The molecule has 1 aromatic carbocycles. The lowest BCUT2D eigenvalue weighted by atomic mass is 10.2. The third-order valence-corrected chi connectivity index (χ3v) is 4.92. The predicted octanol–water partition coefficient (Wildman–Crippen LogP) is 0.458.